The van der Waals surface area contributed by atoms with E-state index in [2.05, 4.69) is 13.8 Å². The third-order valence-electron chi connectivity index (χ3n) is 1.66. The van der Waals surface area contributed by atoms with Crippen LogP contribution in [0.5, 0.6) is 0 Å². The molecule has 0 rings (SSSR count). The molecule has 0 aromatic heterocycles. The summed E-state index contributed by atoms with van der Waals surface area (Å²) in [4.78, 5) is 0. The number of methoxy groups -OCH3 is 1. The zero-order valence-corrected chi connectivity index (χ0v) is 8.54. The molecule has 0 aliphatic rings. The Labute approximate surface area is 73.9 Å². The van der Waals surface area contributed by atoms with Crippen LogP contribution in [0.2, 0.25) is 0 Å². The molecule has 0 amide bonds. The highest BCUT2D eigenvalue weighted by Gasteiger charge is 2.14. The van der Waals surface area contributed by atoms with E-state index < -0.39 is 0 Å². The predicted octanol–water partition coefficient (Wildman–Crippen LogP) is 1.49. The number of hydrogen-bond acceptors (Lipinski definition) is 3. The first-order valence-electron chi connectivity index (χ1n) is 3.95. The molecule has 0 aromatic carbocycles. The maximum absolute atomic E-state index is 5.36. The number of nitrogens with two attached hydrogens (primary N) is 1. The number of ether oxygens (including phenoxy) is 1. The van der Waals surface area contributed by atoms with Gasteiger partial charge in [-0.1, -0.05) is 0 Å². The molecule has 0 radical (unpaired) electrons. The molecule has 11 heavy (non-hydrogen) atoms. The smallest absolute Gasteiger partial charge is 0.0630 e. The average Bonchev–Trinajstić information content (AvgIpc) is 1.99. The fraction of sp³-hybridized carbons (Fsp3) is 1.00. The van der Waals surface area contributed by atoms with Gasteiger partial charge in [0.15, 0.2) is 0 Å². The largest absolute Gasteiger partial charge is 0.379 e. The van der Waals surface area contributed by atoms with Crippen molar-refractivity contribution in [3.63, 3.8) is 0 Å². The Morgan fingerprint density at radius 2 is 2.00 bits per heavy atom. The van der Waals surface area contributed by atoms with E-state index in [0.717, 1.165) is 24.5 Å². The van der Waals surface area contributed by atoms with Gasteiger partial charge >= 0.3 is 0 Å². The molecule has 0 saturated carbocycles. The van der Waals surface area contributed by atoms with Crippen LogP contribution in [0.1, 0.15) is 20.3 Å². The van der Waals surface area contributed by atoms with Crippen LogP contribution in [0.3, 0.4) is 0 Å². The SMILES string of the molecule is COC(C)(C)CCSCCN. The second-order valence-electron chi connectivity index (χ2n) is 3.11. The van der Waals surface area contributed by atoms with Gasteiger partial charge in [-0.2, -0.15) is 11.8 Å². The third-order valence-corrected chi connectivity index (χ3v) is 2.68. The maximum Gasteiger partial charge on any atom is 0.0630 e. The Bertz CT molecular complexity index is 96.1. The molecule has 68 valence electrons. The summed E-state index contributed by atoms with van der Waals surface area (Å²) in [6, 6.07) is 0. The normalized spacial score (nSPS) is 12.0. The van der Waals surface area contributed by atoms with Gasteiger partial charge in [-0.25, -0.2) is 0 Å². The summed E-state index contributed by atoms with van der Waals surface area (Å²) in [5.74, 6) is 2.19. The lowest BCUT2D eigenvalue weighted by molar-refractivity contribution is 0.0207. The van der Waals surface area contributed by atoms with Gasteiger partial charge in [-0.3, -0.25) is 0 Å². The van der Waals surface area contributed by atoms with Gasteiger partial charge in [0.1, 0.15) is 0 Å². The van der Waals surface area contributed by atoms with Crippen LogP contribution in [0, 0.1) is 0 Å². The molecule has 0 aliphatic carbocycles. The van der Waals surface area contributed by atoms with Crippen LogP contribution in [-0.4, -0.2) is 30.8 Å². The molecule has 0 aromatic rings. The summed E-state index contributed by atoms with van der Waals surface area (Å²) < 4.78 is 5.27. The summed E-state index contributed by atoms with van der Waals surface area (Å²) in [6.45, 7) is 4.99. The first kappa shape index (κ1) is 11.3. The highest BCUT2D eigenvalue weighted by Crippen LogP contribution is 2.16. The third kappa shape index (κ3) is 6.66. The van der Waals surface area contributed by atoms with E-state index in [0.29, 0.717) is 0 Å². The van der Waals surface area contributed by atoms with Crippen molar-refractivity contribution in [1.82, 2.24) is 0 Å². The standard InChI is InChI=1S/C8H19NOS/c1-8(2,10-3)4-6-11-7-5-9/h4-7,9H2,1-3H3. The van der Waals surface area contributed by atoms with Crippen LogP contribution in [0.15, 0.2) is 0 Å². The summed E-state index contributed by atoms with van der Waals surface area (Å²) in [5.41, 5.74) is 5.39. The molecular formula is C8H19NOS. The van der Waals surface area contributed by atoms with E-state index in [1.165, 1.54) is 0 Å². The van der Waals surface area contributed by atoms with Crippen LogP contribution in [0.4, 0.5) is 0 Å². The minimum absolute atomic E-state index is 0.0294. The molecule has 0 bridgehead atoms. The van der Waals surface area contributed by atoms with Gasteiger partial charge in [-0.05, 0) is 26.0 Å². The number of rotatable bonds is 6. The molecule has 0 atom stereocenters. The van der Waals surface area contributed by atoms with Crippen LogP contribution < -0.4 is 5.73 Å². The van der Waals surface area contributed by atoms with Crippen molar-refractivity contribution in [3.8, 4) is 0 Å². The molecule has 0 heterocycles. The summed E-state index contributed by atoms with van der Waals surface area (Å²) in [7, 11) is 1.76. The first-order chi connectivity index (χ1) is 5.12. The fourth-order valence-electron chi connectivity index (χ4n) is 0.605. The topological polar surface area (TPSA) is 35.2 Å². The van der Waals surface area contributed by atoms with Gasteiger partial charge in [0.05, 0.1) is 5.60 Å². The first-order valence-corrected chi connectivity index (χ1v) is 5.11. The quantitative estimate of drug-likeness (QED) is 0.624. The number of thioether (sulfide) groups is 1. The van der Waals surface area contributed by atoms with Crippen molar-refractivity contribution in [2.45, 2.75) is 25.9 Å². The fourth-order valence-corrected chi connectivity index (χ4v) is 1.61. The second kappa shape index (κ2) is 5.86. The van der Waals surface area contributed by atoms with Crippen LogP contribution in [0.25, 0.3) is 0 Å². The Kier molecular flexibility index (Phi) is 6.01. The van der Waals surface area contributed by atoms with E-state index in [1.54, 1.807) is 7.11 Å². The van der Waals surface area contributed by atoms with Crippen molar-refractivity contribution >= 4 is 11.8 Å². The molecule has 2 nitrogen and oxygen atoms in total. The molecule has 0 saturated heterocycles. The predicted molar refractivity (Wildman–Crippen MR) is 52.1 cm³/mol. The maximum atomic E-state index is 5.36. The number of hydrogen-bond donors (Lipinski definition) is 1. The minimum atomic E-state index is 0.0294. The van der Waals surface area contributed by atoms with Crippen molar-refractivity contribution in [2.24, 2.45) is 5.73 Å². The summed E-state index contributed by atoms with van der Waals surface area (Å²) in [6.07, 6.45) is 1.09. The van der Waals surface area contributed by atoms with Crippen LogP contribution >= 0.6 is 11.8 Å². The lowest BCUT2D eigenvalue weighted by Gasteiger charge is -2.22. The lowest BCUT2D eigenvalue weighted by atomic mass is 10.1. The molecular weight excluding hydrogens is 158 g/mol. The zero-order valence-electron chi connectivity index (χ0n) is 7.72. The molecule has 0 spiro atoms. The molecule has 2 N–H and O–H groups in total. The molecule has 3 heteroatoms. The highest BCUT2D eigenvalue weighted by atomic mass is 32.2. The lowest BCUT2D eigenvalue weighted by Crippen LogP contribution is -2.23. The molecule has 0 fully saturated rings. The van der Waals surface area contributed by atoms with Crippen molar-refractivity contribution in [2.75, 3.05) is 25.2 Å². The highest BCUT2D eigenvalue weighted by molar-refractivity contribution is 7.99. The molecule has 0 unspecified atom stereocenters. The summed E-state index contributed by atoms with van der Waals surface area (Å²) >= 11 is 1.89. The van der Waals surface area contributed by atoms with Gasteiger partial charge in [0, 0.05) is 19.4 Å². The van der Waals surface area contributed by atoms with Gasteiger partial charge in [0.2, 0.25) is 0 Å². The second-order valence-corrected chi connectivity index (χ2v) is 4.34. The van der Waals surface area contributed by atoms with Gasteiger partial charge in [0.25, 0.3) is 0 Å². The van der Waals surface area contributed by atoms with E-state index in [9.17, 15) is 0 Å². The average molecular weight is 177 g/mol. The van der Waals surface area contributed by atoms with E-state index >= 15 is 0 Å². The monoisotopic (exact) mass is 177 g/mol. The van der Waals surface area contributed by atoms with Crippen LogP contribution in [-0.2, 0) is 4.74 Å². The van der Waals surface area contributed by atoms with Gasteiger partial charge < -0.3 is 10.5 Å². The Hall–Kier alpha value is 0.270. The van der Waals surface area contributed by atoms with E-state index in [-0.39, 0.29) is 5.60 Å². The van der Waals surface area contributed by atoms with Crippen molar-refractivity contribution in [3.05, 3.63) is 0 Å². The Morgan fingerprint density at radius 1 is 1.36 bits per heavy atom. The Balaban J connectivity index is 3.23. The van der Waals surface area contributed by atoms with E-state index in [4.69, 9.17) is 10.5 Å². The van der Waals surface area contributed by atoms with Crippen molar-refractivity contribution in [1.29, 1.82) is 0 Å². The van der Waals surface area contributed by atoms with Crippen molar-refractivity contribution < 1.29 is 4.74 Å². The van der Waals surface area contributed by atoms with Gasteiger partial charge in [-0.15, -0.1) is 0 Å². The molecule has 0 aliphatic heterocycles. The minimum Gasteiger partial charge on any atom is -0.379 e. The van der Waals surface area contributed by atoms with E-state index in [1.807, 2.05) is 11.8 Å². The zero-order chi connectivity index (χ0) is 8.74. The summed E-state index contributed by atoms with van der Waals surface area (Å²) in [5, 5.41) is 0. The Morgan fingerprint density at radius 3 is 2.45 bits per heavy atom.